The summed E-state index contributed by atoms with van der Waals surface area (Å²) in [5, 5.41) is 9.52. The molecule has 1 aliphatic heterocycles. The normalized spacial score (nSPS) is 21.3. The molecule has 0 aromatic carbocycles. The van der Waals surface area contributed by atoms with Gasteiger partial charge in [-0.3, -0.25) is 4.98 Å². The summed E-state index contributed by atoms with van der Waals surface area (Å²) < 4.78 is 0.901. The first-order valence-electron chi connectivity index (χ1n) is 6.00. The number of hydrogen-bond donors (Lipinski definition) is 2. The Bertz CT molecular complexity index is 366. The highest BCUT2D eigenvalue weighted by molar-refractivity contribution is 9.10. The summed E-state index contributed by atoms with van der Waals surface area (Å²) in [7, 11) is 0. The summed E-state index contributed by atoms with van der Waals surface area (Å²) >= 11 is 3.50. The lowest BCUT2D eigenvalue weighted by Crippen LogP contribution is -2.38. The minimum Gasteiger partial charge on any atom is -0.396 e. The fourth-order valence-corrected chi connectivity index (χ4v) is 2.98. The van der Waals surface area contributed by atoms with Gasteiger partial charge < -0.3 is 15.7 Å². The number of aliphatic hydroxyl groups excluding tert-OH is 1. The van der Waals surface area contributed by atoms with Gasteiger partial charge in [-0.1, -0.05) is 12.8 Å². The zero-order valence-corrected chi connectivity index (χ0v) is 11.4. The van der Waals surface area contributed by atoms with Crippen molar-refractivity contribution >= 4 is 27.3 Å². The molecule has 1 fully saturated rings. The third-order valence-corrected chi connectivity index (χ3v) is 3.86. The van der Waals surface area contributed by atoms with Crippen molar-refractivity contribution in [3.8, 4) is 0 Å². The number of halogens is 1. The van der Waals surface area contributed by atoms with E-state index >= 15 is 0 Å². The van der Waals surface area contributed by atoms with Crippen molar-refractivity contribution in [1.82, 2.24) is 4.98 Å². The molecule has 3 N–H and O–H groups in total. The Morgan fingerprint density at radius 3 is 2.94 bits per heavy atom. The smallest absolute Gasteiger partial charge is 0.0779 e. The molecule has 5 heteroatoms. The van der Waals surface area contributed by atoms with E-state index in [1.807, 2.05) is 0 Å². The van der Waals surface area contributed by atoms with Crippen LogP contribution in [0.15, 0.2) is 16.9 Å². The van der Waals surface area contributed by atoms with E-state index < -0.39 is 0 Å². The van der Waals surface area contributed by atoms with Gasteiger partial charge in [-0.25, -0.2) is 0 Å². The molecular formula is C12H18BrN3O. The highest BCUT2D eigenvalue weighted by Crippen LogP contribution is 2.34. The van der Waals surface area contributed by atoms with Gasteiger partial charge in [0.1, 0.15) is 0 Å². The quantitative estimate of drug-likeness (QED) is 0.878. The number of rotatable bonds is 2. The number of pyridine rings is 1. The van der Waals surface area contributed by atoms with Gasteiger partial charge in [0.15, 0.2) is 0 Å². The van der Waals surface area contributed by atoms with Crippen molar-refractivity contribution in [2.24, 2.45) is 0 Å². The molecular weight excluding hydrogens is 282 g/mol. The summed E-state index contributed by atoms with van der Waals surface area (Å²) in [5.41, 5.74) is 7.64. The Morgan fingerprint density at radius 1 is 1.41 bits per heavy atom. The number of aromatic nitrogens is 1. The van der Waals surface area contributed by atoms with Crippen LogP contribution in [0.4, 0.5) is 11.4 Å². The Morgan fingerprint density at radius 2 is 2.24 bits per heavy atom. The van der Waals surface area contributed by atoms with Crippen LogP contribution >= 0.6 is 15.9 Å². The maximum absolute atomic E-state index is 9.52. The molecule has 0 radical (unpaired) electrons. The van der Waals surface area contributed by atoms with Crippen LogP contribution < -0.4 is 10.6 Å². The Kier molecular flexibility index (Phi) is 4.23. The van der Waals surface area contributed by atoms with E-state index in [1.54, 1.807) is 12.4 Å². The molecule has 1 aromatic rings. The number of aliphatic hydroxyl groups is 1. The summed E-state index contributed by atoms with van der Waals surface area (Å²) in [6.07, 6.45) is 7.97. The largest absolute Gasteiger partial charge is 0.396 e. The Hall–Kier alpha value is -0.810. The van der Waals surface area contributed by atoms with Crippen molar-refractivity contribution < 1.29 is 5.11 Å². The van der Waals surface area contributed by atoms with E-state index in [2.05, 4.69) is 25.8 Å². The standard InChI is InChI=1S/C12H18BrN3O/c13-10-6-15-7-11(14)12(10)16-5-3-1-2-4-9(16)8-17/h6-7,9,17H,1-5,8,14H2. The number of hydrogen-bond acceptors (Lipinski definition) is 4. The summed E-state index contributed by atoms with van der Waals surface area (Å²) in [4.78, 5) is 6.27. The third-order valence-electron chi connectivity index (χ3n) is 3.28. The fraction of sp³-hybridized carbons (Fsp3) is 0.583. The predicted octanol–water partition coefficient (Wildman–Crippen LogP) is 2.17. The number of nitrogen functional groups attached to an aromatic ring is 1. The molecule has 0 spiro atoms. The molecule has 2 heterocycles. The molecule has 17 heavy (non-hydrogen) atoms. The molecule has 1 aliphatic rings. The van der Waals surface area contributed by atoms with Gasteiger partial charge in [0.25, 0.3) is 0 Å². The molecule has 4 nitrogen and oxygen atoms in total. The van der Waals surface area contributed by atoms with Gasteiger partial charge in [-0.2, -0.15) is 0 Å². The second-order valence-electron chi connectivity index (χ2n) is 4.44. The second-order valence-corrected chi connectivity index (χ2v) is 5.29. The van der Waals surface area contributed by atoms with E-state index in [1.165, 1.54) is 12.8 Å². The zero-order valence-electron chi connectivity index (χ0n) is 9.77. The first-order chi connectivity index (χ1) is 8.24. The van der Waals surface area contributed by atoms with Gasteiger partial charge in [0.05, 0.1) is 34.7 Å². The minimum absolute atomic E-state index is 0.165. The molecule has 0 bridgehead atoms. The highest BCUT2D eigenvalue weighted by Gasteiger charge is 2.23. The second kappa shape index (κ2) is 5.69. The van der Waals surface area contributed by atoms with Crippen LogP contribution in [0.1, 0.15) is 25.7 Å². The first kappa shape index (κ1) is 12.6. The summed E-state index contributed by atoms with van der Waals surface area (Å²) in [6.45, 7) is 1.12. The van der Waals surface area contributed by atoms with E-state index in [9.17, 15) is 5.11 Å². The topological polar surface area (TPSA) is 62.4 Å². The fourth-order valence-electron chi connectivity index (χ4n) is 2.41. The number of nitrogens with two attached hydrogens (primary N) is 1. The van der Waals surface area contributed by atoms with Crippen LogP contribution in [0.25, 0.3) is 0 Å². The lowest BCUT2D eigenvalue weighted by atomic mass is 10.1. The van der Waals surface area contributed by atoms with E-state index in [4.69, 9.17) is 5.73 Å². The molecule has 1 atom stereocenters. The van der Waals surface area contributed by atoms with Crippen LogP contribution in [0.3, 0.4) is 0 Å². The summed E-state index contributed by atoms with van der Waals surface area (Å²) in [6, 6.07) is 0.165. The van der Waals surface area contributed by atoms with Crippen molar-refractivity contribution in [3.05, 3.63) is 16.9 Å². The van der Waals surface area contributed by atoms with Crippen LogP contribution in [-0.4, -0.2) is 29.3 Å². The van der Waals surface area contributed by atoms with Crippen molar-refractivity contribution in [2.45, 2.75) is 31.7 Å². The number of nitrogens with zero attached hydrogens (tertiary/aromatic N) is 2. The lowest BCUT2D eigenvalue weighted by molar-refractivity contribution is 0.255. The third kappa shape index (κ3) is 2.72. The molecule has 2 rings (SSSR count). The molecule has 1 saturated heterocycles. The highest BCUT2D eigenvalue weighted by atomic mass is 79.9. The van der Waals surface area contributed by atoms with Gasteiger partial charge in [-0.15, -0.1) is 0 Å². The molecule has 1 aromatic heterocycles. The zero-order chi connectivity index (χ0) is 12.3. The van der Waals surface area contributed by atoms with E-state index in [0.717, 1.165) is 29.5 Å². The van der Waals surface area contributed by atoms with Crippen molar-refractivity contribution in [1.29, 1.82) is 0 Å². The number of anilines is 2. The van der Waals surface area contributed by atoms with Gasteiger partial charge in [0.2, 0.25) is 0 Å². The van der Waals surface area contributed by atoms with Gasteiger partial charge in [0, 0.05) is 12.7 Å². The predicted molar refractivity (Wildman–Crippen MR) is 73.0 cm³/mol. The molecule has 94 valence electrons. The van der Waals surface area contributed by atoms with Gasteiger partial charge in [-0.05, 0) is 28.8 Å². The van der Waals surface area contributed by atoms with Crippen LogP contribution in [0, 0.1) is 0 Å². The molecule has 0 aliphatic carbocycles. The monoisotopic (exact) mass is 299 g/mol. The maximum atomic E-state index is 9.52. The van der Waals surface area contributed by atoms with Crippen molar-refractivity contribution in [3.63, 3.8) is 0 Å². The van der Waals surface area contributed by atoms with Crippen molar-refractivity contribution in [2.75, 3.05) is 23.8 Å². The lowest BCUT2D eigenvalue weighted by Gasteiger charge is -2.32. The van der Waals surface area contributed by atoms with Crippen LogP contribution in [0.5, 0.6) is 0 Å². The average Bonchev–Trinajstić information content (AvgIpc) is 2.54. The maximum Gasteiger partial charge on any atom is 0.0779 e. The average molecular weight is 300 g/mol. The Balaban J connectivity index is 2.34. The minimum atomic E-state index is 0.165. The van der Waals surface area contributed by atoms with Crippen LogP contribution in [0.2, 0.25) is 0 Å². The summed E-state index contributed by atoms with van der Waals surface area (Å²) in [5.74, 6) is 0. The van der Waals surface area contributed by atoms with Gasteiger partial charge >= 0.3 is 0 Å². The van der Waals surface area contributed by atoms with E-state index in [-0.39, 0.29) is 12.6 Å². The molecule has 1 unspecified atom stereocenters. The Labute approximate surface area is 110 Å². The first-order valence-corrected chi connectivity index (χ1v) is 6.80. The van der Waals surface area contributed by atoms with Crippen LogP contribution in [-0.2, 0) is 0 Å². The molecule has 0 saturated carbocycles. The molecule has 0 amide bonds. The SMILES string of the molecule is Nc1cncc(Br)c1N1CCCCCC1CO. The van der Waals surface area contributed by atoms with E-state index in [0.29, 0.717) is 5.69 Å².